The lowest BCUT2D eigenvalue weighted by Gasteiger charge is -2.13. The first-order valence-corrected chi connectivity index (χ1v) is 8.31. The zero-order valence-corrected chi connectivity index (χ0v) is 13.4. The second-order valence-corrected chi connectivity index (χ2v) is 6.12. The summed E-state index contributed by atoms with van der Waals surface area (Å²) in [6.45, 7) is 0. The molecule has 1 heteroatoms. The van der Waals surface area contributed by atoms with Crippen molar-refractivity contribution in [3.8, 4) is 0 Å². The van der Waals surface area contributed by atoms with Crippen LogP contribution in [0.2, 0.25) is 0 Å². The molecule has 4 rings (SSSR count). The van der Waals surface area contributed by atoms with E-state index < -0.39 is 0 Å². The number of fused-ring (bicyclic) bond motifs is 2. The highest BCUT2D eigenvalue weighted by Gasteiger charge is 2.08. The Labute approximate surface area is 142 Å². The summed E-state index contributed by atoms with van der Waals surface area (Å²) in [6, 6.07) is 20.2. The van der Waals surface area contributed by atoms with Crippen LogP contribution in [0.5, 0.6) is 0 Å². The van der Waals surface area contributed by atoms with Crippen molar-refractivity contribution in [2.24, 2.45) is 0 Å². The average Bonchev–Trinajstić information content (AvgIpc) is 2.65. The van der Waals surface area contributed by atoms with E-state index in [1.165, 1.54) is 11.1 Å². The number of hydrogen-bond acceptors (Lipinski definition) is 1. The molecular weight excluding hydrogens is 292 g/mol. The predicted molar refractivity (Wildman–Crippen MR) is 101 cm³/mol. The van der Waals surface area contributed by atoms with Crippen LogP contribution in [-0.2, 0) is 6.42 Å². The number of ketones is 1. The molecule has 0 saturated carbocycles. The second-order valence-electron chi connectivity index (χ2n) is 6.12. The van der Waals surface area contributed by atoms with Crippen LogP contribution in [0.4, 0.5) is 0 Å². The summed E-state index contributed by atoms with van der Waals surface area (Å²) in [7, 11) is 0. The van der Waals surface area contributed by atoms with Crippen LogP contribution in [-0.4, -0.2) is 5.78 Å². The Morgan fingerprint density at radius 1 is 0.917 bits per heavy atom. The van der Waals surface area contributed by atoms with Crippen LogP contribution >= 0.6 is 0 Å². The van der Waals surface area contributed by atoms with Gasteiger partial charge in [-0.3, -0.25) is 4.79 Å². The smallest absolute Gasteiger partial charge is 0.185 e. The number of carbonyl (C=O) groups is 1. The van der Waals surface area contributed by atoms with Crippen molar-refractivity contribution in [2.75, 3.05) is 0 Å². The first kappa shape index (κ1) is 14.6. The lowest BCUT2D eigenvalue weighted by atomic mass is 9.92. The van der Waals surface area contributed by atoms with E-state index in [1.54, 1.807) is 6.08 Å². The van der Waals surface area contributed by atoms with Crippen LogP contribution < -0.4 is 0 Å². The first-order valence-electron chi connectivity index (χ1n) is 8.31. The molecule has 0 radical (unpaired) electrons. The van der Waals surface area contributed by atoms with Crippen LogP contribution in [0.15, 0.2) is 72.8 Å². The molecule has 1 aliphatic rings. The monoisotopic (exact) mass is 310 g/mol. The van der Waals surface area contributed by atoms with Crippen molar-refractivity contribution in [2.45, 2.75) is 12.8 Å². The molecule has 0 atom stereocenters. The molecule has 0 spiro atoms. The van der Waals surface area contributed by atoms with Gasteiger partial charge in [-0.05, 0) is 52.4 Å². The lowest BCUT2D eigenvalue weighted by Crippen LogP contribution is -1.98. The molecule has 0 amide bonds. The van der Waals surface area contributed by atoms with Crippen molar-refractivity contribution in [3.63, 3.8) is 0 Å². The van der Waals surface area contributed by atoms with Crippen LogP contribution in [0, 0.1) is 0 Å². The number of benzene rings is 3. The zero-order chi connectivity index (χ0) is 16.4. The highest BCUT2D eigenvalue weighted by Crippen LogP contribution is 2.24. The topological polar surface area (TPSA) is 17.1 Å². The van der Waals surface area contributed by atoms with Gasteiger partial charge in [0.25, 0.3) is 0 Å². The van der Waals surface area contributed by atoms with E-state index >= 15 is 0 Å². The van der Waals surface area contributed by atoms with Gasteiger partial charge in [0.15, 0.2) is 5.78 Å². The van der Waals surface area contributed by atoms with E-state index in [0.717, 1.165) is 34.7 Å². The average molecular weight is 310 g/mol. The molecule has 0 aromatic heterocycles. The largest absolute Gasteiger partial charge is 0.289 e. The fraction of sp³-hybridized carbons (Fsp3) is 0.0870. The molecule has 0 bridgehead atoms. The molecule has 0 N–H and O–H groups in total. The molecule has 3 aromatic carbocycles. The maximum atomic E-state index is 12.5. The third-order valence-corrected chi connectivity index (χ3v) is 4.56. The minimum atomic E-state index is 0.0460. The summed E-state index contributed by atoms with van der Waals surface area (Å²) in [4.78, 5) is 12.5. The Hall–Kier alpha value is -2.93. The summed E-state index contributed by atoms with van der Waals surface area (Å²) in [6.07, 6.45) is 10.1. The minimum Gasteiger partial charge on any atom is -0.289 e. The van der Waals surface area contributed by atoms with E-state index in [0.29, 0.717) is 0 Å². The number of hydrogen-bond donors (Lipinski definition) is 0. The molecule has 24 heavy (non-hydrogen) atoms. The Morgan fingerprint density at radius 3 is 2.71 bits per heavy atom. The van der Waals surface area contributed by atoms with E-state index in [1.807, 2.05) is 42.5 Å². The Balaban J connectivity index is 1.63. The van der Waals surface area contributed by atoms with E-state index in [4.69, 9.17) is 0 Å². The van der Waals surface area contributed by atoms with Crippen molar-refractivity contribution in [3.05, 3.63) is 95.1 Å². The van der Waals surface area contributed by atoms with Crippen LogP contribution in [0.25, 0.3) is 22.9 Å². The maximum absolute atomic E-state index is 12.5. The fourth-order valence-electron chi connectivity index (χ4n) is 3.27. The first-order chi connectivity index (χ1) is 11.8. The molecule has 1 aliphatic carbocycles. The van der Waals surface area contributed by atoms with Crippen LogP contribution in [0.1, 0.15) is 33.5 Å². The third kappa shape index (κ3) is 2.81. The normalized spacial score (nSPS) is 13.3. The molecule has 0 fully saturated rings. The SMILES string of the molecule is O=C(/C=C/c1cccc2c1CCC=C2)c1ccc2ccccc2c1. The fourth-order valence-corrected chi connectivity index (χ4v) is 3.27. The van der Waals surface area contributed by atoms with Gasteiger partial charge in [-0.15, -0.1) is 0 Å². The molecule has 1 nitrogen and oxygen atoms in total. The van der Waals surface area contributed by atoms with Gasteiger partial charge in [0.2, 0.25) is 0 Å². The highest BCUT2D eigenvalue weighted by molar-refractivity contribution is 6.08. The summed E-state index contributed by atoms with van der Waals surface area (Å²) in [5, 5.41) is 2.25. The van der Waals surface area contributed by atoms with E-state index in [9.17, 15) is 4.79 Å². The summed E-state index contributed by atoms with van der Waals surface area (Å²) >= 11 is 0. The Kier molecular flexibility index (Phi) is 3.84. The van der Waals surface area contributed by atoms with Gasteiger partial charge in [-0.1, -0.05) is 72.8 Å². The van der Waals surface area contributed by atoms with Crippen molar-refractivity contribution >= 4 is 28.7 Å². The van der Waals surface area contributed by atoms with Crippen molar-refractivity contribution in [1.29, 1.82) is 0 Å². The van der Waals surface area contributed by atoms with E-state index in [2.05, 4.69) is 36.4 Å². The van der Waals surface area contributed by atoms with E-state index in [-0.39, 0.29) is 5.78 Å². The third-order valence-electron chi connectivity index (χ3n) is 4.56. The standard InChI is InChI=1S/C23H18O/c24-23(21-13-12-17-6-1-2-8-20(17)16-21)15-14-19-10-5-9-18-7-3-4-11-22(18)19/h1-3,5-10,12-16H,4,11H2/b15-14+. The Bertz CT molecular complexity index is 976. The van der Waals surface area contributed by atoms with Gasteiger partial charge in [-0.2, -0.15) is 0 Å². The second kappa shape index (κ2) is 6.29. The number of allylic oxidation sites excluding steroid dienone is 2. The quantitative estimate of drug-likeness (QED) is 0.448. The molecule has 0 heterocycles. The summed E-state index contributed by atoms with van der Waals surface area (Å²) in [5.74, 6) is 0.0460. The molecule has 0 saturated heterocycles. The van der Waals surface area contributed by atoms with Gasteiger partial charge in [0, 0.05) is 5.56 Å². The predicted octanol–water partition coefficient (Wildman–Crippen LogP) is 5.70. The van der Waals surface area contributed by atoms with Gasteiger partial charge >= 0.3 is 0 Å². The van der Waals surface area contributed by atoms with Gasteiger partial charge in [-0.25, -0.2) is 0 Å². The molecule has 0 unspecified atom stereocenters. The Morgan fingerprint density at radius 2 is 1.79 bits per heavy atom. The van der Waals surface area contributed by atoms with Gasteiger partial charge in [0.1, 0.15) is 0 Å². The molecular formula is C23H18O. The zero-order valence-electron chi connectivity index (χ0n) is 13.4. The van der Waals surface area contributed by atoms with Gasteiger partial charge in [0.05, 0.1) is 0 Å². The minimum absolute atomic E-state index is 0.0460. The maximum Gasteiger partial charge on any atom is 0.185 e. The van der Waals surface area contributed by atoms with Crippen molar-refractivity contribution < 1.29 is 4.79 Å². The molecule has 116 valence electrons. The summed E-state index contributed by atoms with van der Waals surface area (Å²) < 4.78 is 0. The highest BCUT2D eigenvalue weighted by atomic mass is 16.1. The van der Waals surface area contributed by atoms with Crippen LogP contribution in [0.3, 0.4) is 0 Å². The number of rotatable bonds is 3. The summed E-state index contributed by atoms with van der Waals surface area (Å²) in [5.41, 5.74) is 4.48. The number of carbonyl (C=O) groups excluding carboxylic acids is 1. The van der Waals surface area contributed by atoms with Gasteiger partial charge < -0.3 is 0 Å². The lowest BCUT2D eigenvalue weighted by molar-refractivity contribution is 0.104. The molecule has 3 aromatic rings. The molecule has 0 aliphatic heterocycles. The van der Waals surface area contributed by atoms with Crippen molar-refractivity contribution in [1.82, 2.24) is 0 Å².